The maximum absolute atomic E-state index is 12.3. The van der Waals surface area contributed by atoms with Crippen LogP contribution >= 0.6 is 11.5 Å². The van der Waals surface area contributed by atoms with Gasteiger partial charge in [0.2, 0.25) is 5.78 Å². The number of H-pyrrole nitrogens is 1. The maximum atomic E-state index is 12.3. The summed E-state index contributed by atoms with van der Waals surface area (Å²) in [6.45, 7) is 2.94. The molecule has 25 heavy (non-hydrogen) atoms. The Kier molecular flexibility index (Phi) is 5.22. The number of hydrogen-bond acceptors (Lipinski definition) is 7. The number of amides is 1. The minimum Gasteiger partial charge on any atom is -0.453 e. The normalized spacial score (nSPS) is 13.9. The lowest BCUT2D eigenvalue weighted by molar-refractivity contribution is 0.0478. The first kappa shape index (κ1) is 17.3. The summed E-state index contributed by atoms with van der Waals surface area (Å²) < 4.78 is 8.77. The first-order valence-electron chi connectivity index (χ1n) is 8.09. The number of aromatic amines is 1. The van der Waals surface area contributed by atoms with Crippen LogP contribution in [0.25, 0.3) is 0 Å². The van der Waals surface area contributed by atoms with Gasteiger partial charge in [0.25, 0.3) is 5.91 Å². The standard InChI is InChI=1S/C16H18N4O4S/c1-2-11-14(25-19-18-11)16(23)24-9-13(21)10-7-12(17-8-10)15(22)20-5-3-4-6-20/h7-8,17H,2-6,9H2,1H3. The number of likely N-dealkylation sites (tertiary alicyclic amines) is 1. The molecule has 1 amide bonds. The topological polar surface area (TPSA) is 105 Å². The minimum atomic E-state index is -0.607. The van der Waals surface area contributed by atoms with E-state index in [2.05, 4.69) is 14.6 Å². The summed E-state index contributed by atoms with van der Waals surface area (Å²) in [4.78, 5) is 41.3. The molecule has 3 rings (SSSR count). The second-order valence-electron chi connectivity index (χ2n) is 5.70. The van der Waals surface area contributed by atoms with Gasteiger partial charge in [-0.1, -0.05) is 11.4 Å². The Bertz CT molecular complexity index is 792. The molecule has 0 aromatic carbocycles. The molecule has 2 aromatic heterocycles. The molecule has 0 saturated carbocycles. The third-order valence-electron chi connectivity index (χ3n) is 4.04. The second-order valence-corrected chi connectivity index (χ2v) is 6.46. The number of esters is 1. The van der Waals surface area contributed by atoms with Crippen molar-refractivity contribution in [1.29, 1.82) is 0 Å². The van der Waals surface area contributed by atoms with Crippen molar-refractivity contribution in [2.24, 2.45) is 0 Å². The van der Waals surface area contributed by atoms with Gasteiger partial charge in [-0.2, -0.15) is 0 Å². The van der Waals surface area contributed by atoms with Crippen molar-refractivity contribution in [3.63, 3.8) is 0 Å². The Balaban J connectivity index is 1.58. The summed E-state index contributed by atoms with van der Waals surface area (Å²) in [5, 5.41) is 3.84. The summed E-state index contributed by atoms with van der Waals surface area (Å²) in [6, 6.07) is 1.50. The molecule has 1 aliphatic rings. The Morgan fingerprint density at radius 3 is 2.80 bits per heavy atom. The number of carbonyl (C=O) groups excluding carboxylic acids is 3. The first-order valence-corrected chi connectivity index (χ1v) is 8.86. The quantitative estimate of drug-likeness (QED) is 0.619. The fourth-order valence-corrected chi connectivity index (χ4v) is 3.29. The van der Waals surface area contributed by atoms with E-state index in [1.54, 1.807) is 4.90 Å². The van der Waals surface area contributed by atoms with Gasteiger partial charge in [0.05, 0.1) is 5.69 Å². The molecular formula is C16H18N4O4S. The highest BCUT2D eigenvalue weighted by atomic mass is 32.1. The van der Waals surface area contributed by atoms with Crippen molar-refractivity contribution >= 4 is 29.2 Å². The van der Waals surface area contributed by atoms with Gasteiger partial charge < -0.3 is 14.6 Å². The lowest BCUT2D eigenvalue weighted by Crippen LogP contribution is -2.27. The van der Waals surface area contributed by atoms with Crippen molar-refractivity contribution in [3.05, 3.63) is 34.1 Å². The number of aromatic nitrogens is 3. The fraction of sp³-hybridized carbons (Fsp3) is 0.438. The lowest BCUT2D eigenvalue weighted by Gasteiger charge is -2.13. The van der Waals surface area contributed by atoms with Crippen LogP contribution in [0.15, 0.2) is 12.3 Å². The molecule has 3 heterocycles. The zero-order valence-corrected chi connectivity index (χ0v) is 14.6. The maximum Gasteiger partial charge on any atom is 0.352 e. The van der Waals surface area contributed by atoms with Crippen LogP contribution in [-0.2, 0) is 11.2 Å². The van der Waals surface area contributed by atoms with Crippen LogP contribution in [0.2, 0.25) is 0 Å². The number of rotatable bonds is 6. The summed E-state index contributed by atoms with van der Waals surface area (Å²) in [6.07, 6.45) is 4.03. The molecular weight excluding hydrogens is 344 g/mol. The van der Waals surface area contributed by atoms with E-state index in [1.807, 2.05) is 6.92 Å². The summed E-state index contributed by atoms with van der Waals surface area (Å²) in [5.41, 5.74) is 1.24. The second kappa shape index (κ2) is 7.56. The molecule has 1 fully saturated rings. The van der Waals surface area contributed by atoms with Crippen LogP contribution in [0.4, 0.5) is 0 Å². The Labute approximate surface area is 148 Å². The number of ether oxygens (including phenoxy) is 1. The van der Waals surface area contributed by atoms with Crippen LogP contribution in [0.3, 0.4) is 0 Å². The summed E-state index contributed by atoms with van der Waals surface area (Å²) in [7, 11) is 0. The van der Waals surface area contributed by atoms with Crippen molar-refractivity contribution in [1.82, 2.24) is 19.5 Å². The molecule has 0 atom stereocenters. The predicted octanol–water partition coefficient (Wildman–Crippen LogP) is 1.70. The van der Waals surface area contributed by atoms with Gasteiger partial charge in [-0.15, -0.1) is 5.10 Å². The van der Waals surface area contributed by atoms with Gasteiger partial charge in [-0.3, -0.25) is 9.59 Å². The molecule has 0 bridgehead atoms. The van der Waals surface area contributed by atoms with Crippen LogP contribution in [0.5, 0.6) is 0 Å². The monoisotopic (exact) mass is 362 g/mol. The third-order valence-corrected chi connectivity index (χ3v) is 4.79. The lowest BCUT2D eigenvalue weighted by atomic mass is 10.2. The van der Waals surface area contributed by atoms with Gasteiger partial charge in [-0.05, 0) is 36.9 Å². The van der Waals surface area contributed by atoms with E-state index in [0.717, 1.165) is 37.5 Å². The van der Waals surface area contributed by atoms with Crippen molar-refractivity contribution < 1.29 is 19.1 Å². The van der Waals surface area contributed by atoms with Gasteiger partial charge in [0, 0.05) is 24.8 Å². The molecule has 1 saturated heterocycles. The van der Waals surface area contributed by atoms with Crippen molar-refractivity contribution in [2.75, 3.05) is 19.7 Å². The Hall–Kier alpha value is -2.55. The van der Waals surface area contributed by atoms with E-state index in [1.165, 1.54) is 12.3 Å². The van der Waals surface area contributed by atoms with Crippen molar-refractivity contribution in [2.45, 2.75) is 26.2 Å². The summed E-state index contributed by atoms with van der Waals surface area (Å²) >= 11 is 0.949. The SMILES string of the molecule is CCc1nnsc1C(=O)OCC(=O)c1c[nH]c(C(=O)N2CCCC2)c1. The number of aryl methyl sites for hydroxylation is 1. The number of carbonyl (C=O) groups is 3. The molecule has 0 radical (unpaired) electrons. The van der Waals surface area contributed by atoms with E-state index in [4.69, 9.17) is 4.74 Å². The third kappa shape index (κ3) is 3.76. The fourth-order valence-electron chi connectivity index (χ4n) is 2.64. The number of Topliss-reactive ketones (excluding diaryl/α,β-unsaturated/α-hetero) is 1. The molecule has 9 heteroatoms. The zero-order chi connectivity index (χ0) is 17.8. The molecule has 0 spiro atoms. The predicted molar refractivity (Wildman–Crippen MR) is 89.8 cm³/mol. The highest BCUT2D eigenvalue weighted by Gasteiger charge is 2.23. The first-order chi connectivity index (χ1) is 12.1. The number of nitrogens with zero attached hydrogens (tertiary/aromatic N) is 3. The van der Waals surface area contributed by atoms with Crippen LogP contribution in [0, 0.1) is 0 Å². The molecule has 2 aromatic rings. The Morgan fingerprint density at radius 2 is 2.08 bits per heavy atom. The summed E-state index contributed by atoms with van der Waals surface area (Å²) in [5.74, 6) is -1.10. The van der Waals surface area contributed by atoms with Crippen LogP contribution < -0.4 is 0 Å². The minimum absolute atomic E-state index is 0.114. The molecule has 1 aliphatic heterocycles. The van der Waals surface area contributed by atoms with Gasteiger partial charge >= 0.3 is 5.97 Å². The largest absolute Gasteiger partial charge is 0.453 e. The van der Waals surface area contributed by atoms with Gasteiger partial charge in [0.15, 0.2) is 11.5 Å². The van der Waals surface area contributed by atoms with E-state index in [9.17, 15) is 14.4 Å². The highest BCUT2D eigenvalue weighted by molar-refractivity contribution is 7.07. The van der Waals surface area contributed by atoms with Gasteiger partial charge in [0.1, 0.15) is 5.69 Å². The molecule has 1 N–H and O–H groups in total. The number of hydrogen-bond donors (Lipinski definition) is 1. The number of nitrogens with one attached hydrogen (secondary N) is 1. The van der Waals surface area contributed by atoms with Gasteiger partial charge in [-0.25, -0.2) is 4.79 Å². The molecule has 0 unspecified atom stereocenters. The smallest absolute Gasteiger partial charge is 0.352 e. The number of ketones is 1. The van der Waals surface area contributed by atoms with Crippen molar-refractivity contribution in [3.8, 4) is 0 Å². The molecule has 0 aliphatic carbocycles. The van der Waals surface area contributed by atoms with Crippen LogP contribution in [-0.4, -0.2) is 56.8 Å². The van der Waals surface area contributed by atoms with E-state index >= 15 is 0 Å². The molecule has 8 nitrogen and oxygen atoms in total. The Morgan fingerprint density at radius 1 is 1.32 bits per heavy atom. The van der Waals surface area contributed by atoms with Crippen LogP contribution in [0.1, 0.15) is 56.0 Å². The average molecular weight is 362 g/mol. The highest BCUT2D eigenvalue weighted by Crippen LogP contribution is 2.15. The van der Waals surface area contributed by atoms with E-state index in [0.29, 0.717) is 28.2 Å². The van der Waals surface area contributed by atoms with E-state index in [-0.39, 0.29) is 11.7 Å². The zero-order valence-electron chi connectivity index (χ0n) is 13.8. The molecule has 132 valence electrons. The average Bonchev–Trinajstić information content (AvgIpc) is 3.38. The van der Waals surface area contributed by atoms with E-state index < -0.39 is 12.6 Å².